The van der Waals surface area contributed by atoms with Crippen LogP contribution >= 0.6 is 11.3 Å². The van der Waals surface area contributed by atoms with Gasteiger partial charge in [-0.1, -0.05) is 6.07 Å². The van der Waals surface area contributed by atoms with Crippen molar-refractivity contribution in [3.63, 3.8) is 0 Å². The second-order valence-electron chi connectivity index (χ2n) is 5.32. The molecule has 6 heteroatoms. The van der Waals surface area contributed by atoms with Gasteiger partial charge in [-0.05, 0) is 31.0 Å². The molecule has 1 aromatic heterocycles. The van der Waals surface area contributed by atoms with Gasteiger partial charge in [-0.15, -0.1) is 11.3 Å². The summed E-state index contributed by atoms with van der Waals surface area (Å²) in [7, 11) is 0. The highest BCUT2D eigenvalue weighted by Gasteiger charge is 2.22. The van der Waals surface area contributed by atoms with Crippen molar-refractivity contribution in [3.8, 4) is 5.75 Å². The molecular formula is C16H18N2O3S. The summed E-state index contributed by atoms with van der Waals surface area (Å²) in [5, 5.41) is 11.5. The van der Waals surface area contributed by atoms with Gasteiger partial charge in [0.2, 0.25) is 0 Å². The summed E-state index contributed by atoms with van der Waals surface area (Å²) in [5.41, 5.74) is 3.27. The number of aliphatic hydroxyl groups excluding tert-OH is 1. The Morgan fingerprint density at radius 2 is 2.23 bits per heavy atom. The zero-order chi connectivity index (χ0) is 15.4. The minimum atomic E-state index is -0.281. The number of rotatable bonds is 4. The number of hydrogen-bond acceptors (Lipinski definition) is 5. The van der Waals surface area contributed by atoms with Crippen LogP contribution < -0.4 is 4.74 Å². The lowest BCUT2D eigenvalue weighted by molar-refractivity contribution is 0.0546. The van der Waals surface area contributed by atoms with E-state index in [1.54, 1.807) is 22.5 Å². The Morgan fingerprint density at radius 3 is 2.95 bits per heavy atom. The van der Waals surface area contributed by atoms with Gasteiger partial charge in [0, 0.05) is 24.0 Å². The first-order chi connectivity index (χ1) is 10.7. The third-order valence-corrected chi connectivity index (χ3v) is 4.34. The zero-order valence-corrected chi connectivity index (χ0v) is 13.0. The van der Waals surface area contributed by atoms with Crippen molar-refractivity contribution in [2.75, 3.05) is 13.1 Å². The van der Waals surface area contributed by atoms with Gasteiger partial charge in [0.15, 0.2) is 0 Å². The number of amides is 1. The monoisotopic (exact) mass is 318 g/mol. The Kier molecular flexibility index (Phi) is 4.70. The van der Waals surface area contributed by atoms with Gasteiger partial charge in [0.25, 0.3) is 5.91 Å². The maximum Gasteiger partial charge on any atom is 0.253 e. The molecule has 1 amide bonds. The van der Waals surface area contributed by atoms with Crippen LogP contribution in [-0.2, 0) is 6.61 Å². The largest absolute Gasteiger partial charge is 0.487 e. The van der Waals surface area contributed by atoms with Gasteiger partial charge in [-0.25, -0.2) is 4.98 Å². The van der Waals surface area contributed by atoms with Crippen molar-refractivity contribution < 1.29 is 14.6 Å². The molecule has 0 saturated carbocycles. The molecule has 0 aliphatic carbocycles. The van der Waals surface area contributed by atoms with Crippen LogP contribution in [-0.4, -0.2) is 40.1 Å². The first-order valence-electron chi connectivity index (χ1n) is 7.29. The molecule has 0 unspecified atom stereocenters. The first kappa shape index (κ1) is 15.0. The van der Waals surface area contributed by atoms with E-state index in [1.807, 2.05) is 17.5 Å². The van der Waals surface area contributed by atoms with Crippen molar-refractivity contribution in [3.05, 3.63) is 46.4 Å². The molecule has 22 heavy (non-hydrogen) atoms. The number of nitrogens with zero attached hydrogens (tertiary/aromatic N) is 2. The van der Waals surface area contributed by atoms with Crippen LogP contribution in [0.25, 0.3) is 0 Å². The summed E-state index contributed by atoms with van der Waals surface area (Å²) in [4.78, 5) is 18.4. The summed E-state index contributed by atoms with van der Waals surface area (Å²) in [6.07, 6.45) is 1.01. The molecule has 1 aliphatic heterocycles. The third kappa shape index (κ3) is 3.64. The second-order valence-corrected chi connectivity index (χ2v) is 6.04. The molecular weight excluding hydrogens is 300 g/mol. The molecule has 2 aromatic rings. The molecule has 1 aliphatic rings. The van der Waals surface area contributed by atoms with Crippen LogP contribution in [0, 0.1) is 0 Å². The van der Waals surface area contributed by atoms with Gasteiger partial charge >= 0.3 is 0 Å². The number of hydrogen-bond donors (Lipinski definition) is 1. The molecule has 0 spiro atoms. The lowest BCUT2D eigenvalue weighted by atomic mass is 10.1. The van der Waals surface area contributed by atoms with Crippen LogP contribution in [0.2, 0.25) is 0 Å². The predicted molar refractivity (Wildman–Crippen MR) is 84.0 cm³/mol. The Hall–Kier alpha value is -1.92. The van der Waals surface area contributed by atoms with E-state index in [0.717, 1.165) is 5.69 Å². The summed E-state index contributed by atoms with van der Waals surface area (Å²) >= 11 is 1.53. The number of carbonyl (C=O) groups excluding carboxylic acids is 1. The van der Waals surface area contributed by atoms with Gasteiger partial charge in [0.1, 0.15) is 12.4 Å². The Morgan fingerprint density at radius 1 is 1.41 bits per heavy atom. The van der Waals surface area contributed by atoms with Gasteiger partial charge < -0.3 is 14.7 Å². The number of thiazole rings is 1. The Balaban J connectivity index is 1.64. The number of aromatic nitrogens is 1. The minimum Gasteiger partial charge on any atom is -0.487 e. The topological polar surface area (TPSA) is 62.7 Å². The average Bonchev–Trinajstić information content (AvgIpc) is 3.07. The summed E-state index contributed by atoms with van der Waals surface area (Å²) in [5.74, 6) is 0.655. The number of ether oxygens (including phenoxy) is 1. The van der Waals surface area contributed by atoms with Crippen molar-refractivity contribution in [1.82, 2.24) is 9.88 Å². The van der Waals surface area contributed by atoms with E-state index in [-0.39, 0.29) is 12.0 Å². The fraction of sp³-hybridized carbons (Fsp3) is 0.375. The molecule has 0 radical (unpaired) electrons. The fourth-order valence-electron chi connectivity index (χ4n) is 2.44. The van der Waals surface area contributed by atoms with Crippen molar-refractivity contribution in [2.24, 2.45) is 0 Å². The summed E-state index contributed by atoms with van der Waals surface area (Å²) in [6.45, 7) is 1.60. The third-order valence-electron chi connectivity index (χ3n) is 3.70. The van der Waals surface area contributed by atoms with E-state index in [2.05, 4.69) is 4.98 Å². The first-order valence-corrected chi connectivity index (χ1v) is 8.24. The predicted octanol–water partition coefficient (Wildman–Crippen LogP) is 2.32. The highest BCUT2D eigenvalue weighted by atomic mass is 32.1. The van der Waals surface area contributed by atoms with Crippen molar-refractivity contribution in [2.45, 2.75) is 25.6 Å². The minimum absolute atomic E-state index is 0.00833. The quantitative estimate of drug-likeness (QED) is 0.940. The SMILES string of the molecule is O=C(c1cccc(OCc2cscn2)c1)N1CCC(O)CC1. The van der Waals surface area contributed by atoms with Crippen LogP contribution in [0.5, 0.6) is 5.75 Å². The van der Waals surface area contributed by atoms with Gasteiger partial charge in [-0.3, -0.25) is 4.79 Å². The van der Waals surface area contributed by atoms with E-state index >= 15 is 0 Å². The zero-order valence-electron chi connectivity index (χ0n) is 12.1. The molecule has 1 saturated heterocycles. The normalized spacial score (nSPS) is 15.8. The molecule has 1 fully saturated rings. The van der Waals surface area contributed by atoms with E-state index in [4.69, 9.17) is 4.74 Å². The van der Waals surface area contributed by atoms with E-state index in [1.165, 1.54) is 11.3 Å². The maximum atomic E-state index is 12.5. The standard InChI is InChI=1S/C16H18N2O3S/c19-14-4-6-18(7-5-14)16(20)12-2-1-3-15(8-12)21-9-13-10-22-11-17-13/h1-3,8,10-11,14,19H,4-7,9H2. The number of piperidine rings is 1. The Bertz CT molecular complexity index is 622. The van der Waals surface area contributed by atoms with Crippen LogP contribution in [0.1, 0.15) is 28.9 Å². The molecule has 116 valence electrons. The van der Waals surface area contributed by atoms with E-state index in [0.29, 0.717) is 43.9 Å². The summed E-state index contributed by atoms with van der Waals surface area (Å²) < 4.78 is 5.68. The number of benzene rings is 1. The van der Waals surface area contributed by atoms with Gasteiger partial charge in [-0.2, -0.15) is 0 Å². The summed E-state index contributed by atoms with van der Waals surface area (Å²) in [6, 6.07) is 7.22. The number of aliphatic hydroxyl groups is 1. The van der Waals surface area contributed by atoms with Crippen molar-refractivity contribution >= 4 is 17.2 Å². The fourth-order valence-corrected chi connectivity index (χ4v) is 2.98. The van der Waals surface area contributed by atoms with E-state index in [9.17, 15) is 9.90 Å². The average molecular weight is 318 g/mol. The lowest BCUT2D eigenvalue weighted by Gasteiger charge is -2.29. The maximum absolute atomic E-state index is 12.5. The van der Waals surface area contributed by atoms with Crippen LogP contribution in [0.4, 0.5) is 0 Å². The smallest absolute Gasteiger partial charge is 0.253 e. The molecule has 2 heterocycles. The number of carbonyl (C=O) groups is 1. The number of likely N-dealkylation sites (tertiary alicyclic amines) is 1. The molecule has 3 rings (SSSR count). The van der Waals surface area contributed by atoms with Gasteiger partial charge in [0.05, 0.1) is 17.3 Å². The Labute approximate surface area is 133 Å². The second kappa shape index (κ2) is 6.89. The highest BCUT2D eigenvalue weighted by molar-refractivity contribution is 7.07. The van der Waals surface area contributed by atoms with Crippen LogP contribution in [0.3, 0.4) is 0 Å². The highest BCUT2D eigenvalue weighted by Crippen LogP contribution is 2.19. The van der Waals surface area contributed by atoms with Crippen LogP contribution in [0.15, 0.2) is 35.2 Å². The molecule has 5 nitrogen and oxygen atoms in total. The van der Waals surface area contributed by atoms with Crippen molar-refractivity contribution in [1.29, 1.82) is 0 Å². The molecule has 1 N–H and O–H groups in total. The molecule has 0 atom stereocenters. The molecule has 0 bridgehead atoms. The molecule has 1 aromatic carbocycles. The lowest BCUT2D eigenvalue weighted by Crippen LogP contribution is -2.40. The van der Waals surface area contributed by atoms with E-state index < -0.39 is 0 Å².